The third-order valence-corrected chi connectivity index (χ3v) is 5.83. The maximum absolute atomic E-state index is 13.1. The number of rotatable bonds is 5. The molecule has 2 amide bonds. The van der Waals surface area contributed by atoms with Gasteiger partial charge in [-0.3, -0.25) is 14.5 Å². The molecule has 0 radical (unpaired) electrons. The fourth-order valence-corrected chi connectivity index (χ4v) is 4.40. The molecule has 136 valence electrons. The van der Waals surface area contributed by atoms with Crippen LogP contribution in [0, 0.1) is 6.92 Å². The van der Waals surface area contributed by atoms with Crippen molar-refractivity contribution in [1.29, 1.82) is 0 Å². The summed E-state index contributed by atoms with van der Waals surface area (Å²) in [6, 6.07) is -0.00381. The number of primary amides is 1. The van der Waals surface area contributed by atoms with Gasteiger partial charge in [0.15, 0.2) is 5.89 Å². The number of nitrogens with two attached hydrogens (primary N) is 1. The van der Waals surface area contributed by atoms with E-state index >= 15 is 0 Å². The van der Waals surface area contributed by atoms with Crippen LogP contribution in [0.3, 0.4) is 0 Å². The number of carbonyl (C=O) groups is 2. The second-order valence-corrected chi connectivity index (χ2v) is 7.62. The first-order valence-corrected chi connectivity index (χ1v) is 9.33. The highest BCUT2D eigenvalue weighted by Crippen LogP contribution is 2.41. The summed E-state index contributed by atoms with van der Waals surface area (Å²) in [4.78, 5) is 33.4. The summed E-state index contributed by atoms with van der Waals surface area (Å²) in [5.74, 6) is 1.19. The normalized spacial score (nSPS) is 27.5. The number of piperazine rings is 1. The van der Waals surface area contributed by atoms with Crippen molar-refractivity contribution in [2.45, 2.75) is 70.0 Å². The average Bonchev–Trinajstić information content (AvgIpc) is 3.29. The van der Waals surface area contributed by atoms with Gasteiger partial charge in [0, 0.05) is 31.1 Å². The van der Waals surface area contributed by atoms with Crippen molar-refractivity contribution in [3.63, 3.8) is 0 Å². The molecule has 1 saturated carbocycles. The zero-order valence-corrected chi connectivity index (χ0v) is 14.9. The number of hydrogen-bond donors (Lipinski definition) is 1. The van der Waals surface area contributed by atoms with Gasteiger partial charge in [0.25, 0.3) is 5.91 Å². The van der Waals surface area contributed by atoms with Crippen LogP contribution in [0.1, 0.15) is 67.1 Å². The molecule has 0 aromatic carbocycles. The Morgan fingerprint density at radius 1 is 1.24 bits per heavy atom. The SMILES string of the molecule is CCC(C(N)=O)N1CC2CCC(C1)N2C(=O)c1oc(C2CC2)nc1C. The van der Waals surface area contributed by atoms with Gasteiger partial charge in [-0.05, 0) is 39.0 Å². The zero-order valence-electron chi connectivity index (χ0n) is 14.9. The Labute approximate surface area is 147 Å². The molecule has 7 nitrogen and oxygen atoms in total. The molecule has 25 heavy (non-hydrogen) atoms. The molecule has 3 fully saturated rings. The number of aryl methyl sites for hydroxylation is 1. The van der Waals surface area contributed by atoms with E-state index in [1.165, 1.54) is 0 Å². The minimum absolute atomic E-state index is 0.0452. The second kappa shape index (κ2) is 6.12. The Balaban J connectivity index is 1.52. The summed E-state index contributed by atoms with van der Waals surface area (Å²) >= 11 is 0. The van der Waals surface area contributed by atoms with Crippen molar-refractivity contribution < 1.29 is 14.0 Å². The number of carbonyl (C=O) groups excluding carboxylic acids is 2. The second-order valence-electron chi connectivity index (χ2n) is 7.62. The molecule has 1 aromatic rings. The lowest BCUT2D eigenvalue weighted by Crippen LogP contribution is -2.60. The molecular formula is C18H26N4O3. The van der Waals surface area contributed by atoms with Gasteiger partial charge >= 0.3 is 0 Å². The Hall–Kier alpha value is -1.89. The van der Waals surface area contributed by atoms with Crippen molar-refractivity contribution in [3.8, 4) is 0 Å². The van der Waals surface area contributed by atoms with E-state index in [0.717, 1.165) is 25.7 Å². The monoisotopic (exact) mass is 346 g/mol. The van der Waals surface area contributed by atoms with Crippen molar-refractivity contribution in [3.05, 3.63) is 17.3 Å². The van der Waals surface area contributed by atoms with Gasteiger partial charge in [-0.2, -0.15) is 0 Å². The van der Waals surface area contributed by atoms with Crippen molar-refractivity contribution in [2.24, 2.45) is 5.73 Å². The van der Waals surface area contributed by atoms with Crippen LogP contribution in [0.25, 0.3) is 0 Å². The Morgan fingerprint density at radius 3 is 2.40 bits per heavy atom. The predicted octanol–water partition coefficient (Wildman–Crippen LogP) is 1.41. The molecule has 2 saturated heterocycles. The van der Waals surface area contributed by atoms with Crippen molar-refractivity contribution >= 4 is 11.8 Å². The summed E-state index contributed by atoms with van der Waals surface area (Å²) in [6.45, 7) is 5.23. The quantitative estimate of drug-likeness (QED) is 0.870. The van der Waals surface area contributed by atoms with E-state index in [1.807, 2.05) is 18.7 Å². The molecule has 3 unspecified atom stereocenters. The lowest BCUT2D eigenvalue weighted by Gasteiger charge is -2.43. The van der Waals surface area contributed by atoms with E-state index in [2.05, 4.69) is 9.88 Å². The van der Waals surface area contributed by atoms with Crippen molar-refractivity contribution in [1.82, 2.24) is 14.8 Å². The molecule has 7 heteroatoms. The van der Waals surface area contributed by atoms with E-state index in [4.69, 9.17) is 10.2 Å². The molecule has 1 aliphatic carbocycles. The van der Waals surface area contributed by atoms with Gasteiger partial charge in [-0.15, -0.1) is 0 Å². The minimum atomic E-state index is -0.276. The molecule has 3 aliphatic rings. The van der Waals surface area contributed by atoms with Crippen molar-refractivity contribution in [2.75, 3.05) is 13.1 Å². The maximum atomic E-state index is 13.1. The third-order valence-electron chi connectivity index (χ3n) is 5.83. The first kappa shape index (κ1) is 16.6. The van der Waals surface area contributed by atoms with Crippen LogP contribution in [0.4, 0.5) is 0 Å². The van der Waals surface area contributed by atoms with Crippen LogP contribution in [0.15, 0.2) is 4.42 Å². The summed E-state index contributed by atoms with van der Waals surface area (Å²) in [7, 11) is 0. The Morgan fingerprint density at radius 2 is 1.88 bits per heavy atom. The van der Waals surface area contributed by atoms with E-state index < -0.39 is 0 Å². The Kier molecular flexibility index (Phi) is 4.06. The van der Waals surface area contributed by atoms with E-state index in [-0.39, 0.29) is 29.9 Å². The van der Waals surface area contributed by atoms with E-state index in [9.17, 15) is 9.59 Å². The average molecular weight is 346 g/mol. The molecule has 3 atom stereocenters. The number of hydrogen-bond acceptors (Lipinski definition) is 5. The fourth-order valence-electron chi connectivity index (χ4n) is 4.40. The Bertz CT molecular complexity index is 682. The van der Waals surface area contributed by atoms with Crippen LogP contribution >= 0.6 is 0 Å². The molecule has 2 bridgehead atoms. The number of likely N-dealkylation sites (tertiary alicyclic amines) is 1. The molecule has 3 heterocycles. The van der Waals surface area contributed by atoms with Crippen LogP contribution in [0.2, 0.25) is 0 Å². The van der Waals surface area contributed by atoms with Crippen LogP contribution in [0.5, 0.6) is 0 Å². The number of oxazole rings is 1. The maximum Gasteiger partial charge on any atom is 0.292 e. The number of amides is 2. The van der Waals surface area contributed by atoms with Gasteiger partial charge in [0.2, 0.25) is 11.7 Å². The third kappa shape index (κ3) is 2.84. The molecule has 0 spiro atoms. The molecule has 2 N–H and O–H groups in total. The number of fused-ring (bicyclic) bond motifs is 2. The lowest BCUT2D eigenvalue weighted by atomic mass is 10.1. The number of aromatic nitrogens is 1. The highest BCUT2D eigenvalue weighted by Gasteiger charge is 2.46. The molecular weight excluding hydrogens is 320 g/mol. The smallest absolute Gasteiger partial charge is 0.292 e. The van der Waals surface area contributed by atoms with Gasteiger partial charge < -0.3 is 15.1 Å². The summed E-state index contributed by atoms with van der Waals surface area (Å²) in [5.41, 5.74) is 6.24. The summed E-state index contributed by atoms with van der Waals surface area (Å²) in [6.07, 6.45) is 4.83. The first-order chi connectivity index (χ1) is 12.0. The van der Waals surface area contributed by atoms with Crippen LogP contribution in [-0.4, -0.2) is 57.8 Å². The standard InChI is InChI=1S/C18H26N4O3/c1-3-14(16(19)23)21-8-12-6-7-13(9-21)22(12)18(24)15-10(2)20-17(25-15)11-4-5-11/h11-14H,3-9H2,1-2H3,(H2,19,23). The first-order valence-electron chi connectivity index (χ1n) is 9.33. The van der Waals surface area contributed by atoms with E-state index in [1.54, 1.807) is 0 Å². The summed E-state index contributed by atoms with van der Waals surface area (Å²) in [5, 5.41) is 0. The zero-order chi connectivity index (χ0) is 17.7. The lowest BCUT2D eigenvalue weighted by molar-refractivity contribution is -0.124. The molecule has 2 aliphatic heterocycles. The van der Waals surface area contributed by atoms with Gasteiger partial charge in [0.1, 0.15) is 0 Å². The predicted molar refractivity (Wildman–Crippen MR) is 91.0 cm³/mol. The largest absolute Gasteiger partial charge is 0.435 e. The molecule has 1 aromatic heterocycles. The minimum Gasteiger partial charge on any atom is -0.435 e. The fraction of sp³-hybridized carbons (Fsp3) is 0.722. The van der Waals surface area contributed by atoms with E-state index in [0.29, 0.717) is 42.8 Å². The van der Waals surface area contributed by atoms with Gasteiger partial charge in [0.05, 0.1) is 11.7 Å². The van der Waals surface area contributed by atoms with Gasteiger partial charge in [-0.1, -0.05) is 6.92 Å². The topological polar surface area (TPSA) is 92.7 Å². The van der Waals surface area contributed by atoms with Crippen LogP contribution in [-0.2, 0) is 4.79 Å². The highest BCUT2D eigenvalue weighted by atomic mass is 16.4. The number of nitrogens with zero attached hydrogens (tertiary/aromatic N) is 3. The highest BCUT2D eigenvalue weighted by molar-refractivity contribution is 5.93. The van der Waals surface area contributed by atoms with Crippen LogP contribution < -0.4 is 5.73 Å². The molecule has 4 rings (SSSR count). The summed E-state index contributed by atoms with van der Waals surface area (Å²) < 4.78 is 5.82. The van der Waals surface area contributed by atoms with Gasteiger partial charge in [-0.25, -0.2) is 4.98 Å².